The van der Waals surface area contributed by atoms with Crippen molar-refractivity contribution in [3.05, 3.63) is 31.0 Å². The van der Waals surface area contributed by atoms with Crippen LogP contribution in [0.5, 0.6) is 0 Å². The van der Waals surface area contributed by atoms with E-state index in [1.54, 1.807) is 10.6 Å². The van der Waals surface area contributed by atoms with Crippen LogP contribution in [0.2, 0.25) is 0 Å². The third-order valence-corrected chi connectivity index (χ3v) is 4.54. The maximum atomic E-state index is 9.34. The van der Waals surface area contributed by atoms with Gasteiger partial charge in [0.05, 0.1) is 18.0 Å². The summed E-state index contributed by atoms with van der Waals surface area (Å²) in [6, 6.07) is 3.69. The minimum atomic E-state index is -0.0824. The molecule has 1 saturated carbocycles. The Bertz CT molecular complexity index is 869. The van der Waals surface area contributed by atoms with Crippen LogP contribution in [0.1, 0.15) is 32.6 Å². The molecule has 130 valence electrons. The molecule has 0 unspecified atom stereocenters. The Morgan fingerprint density at radius 3 is 2.80 bits per heavy atom. The molecule has 7 heteroatoms. The zero-order valence-electron chi connectivity index (χ0n) is 14.3. The van der Waals surface area contributed by atoms with Crippen LogP contribution in [0.3, 0.4) is 0 Å². The fraction of sp³-hybridized carbons (Fsp3) is 0.444. The van der Waals surface area contributed by atoms with Gasteiger partial charge in [0, 0.05) is 36.8 Å². The fourth-order valence-corrected chi connectivity index (χ4v) is 3.39. The lowest BCUT2D eigenvalue weighted by Gasteiger charge is -2.08. The van der Waals surface area contributed by atoms with Crippen molar-refractivity contribution >= 4 is 11.0 Å². The lowest BCUT2D eigenvalue weighted by Crippen LogP contribution is -2.07. The minimum Gasteiger partial charge on any atom is -0.376 e. The van der Waals surface area contributed by atoms with E-state index in [0.717, 1.165) is 34.8 Å². The van der Waals surface area contributed by atoms with Gasteiger partial charge in [-0.15, -0.1) is 0 Å². The first kappa shape index (κ1) is 17.1. The van der Waals surface area contributed by atoms with Crippen LogP contribution in [0, 0.1) is 17.2 Å². The first-order chi connectivity index (χ1) is 12.3. The second kappa shape index (κ2) is 7.90. The quantitative estimate of drug-likeness (QED) is 0.789. The largest absolute Gasteiger partial charge is 0.376 e. The molecule has 0 aliphatic heterocycles. The predicted molar refractivity (Wildman–Crippen MR) is 94.2 cm³/mol. The highest BCUT2D eigenvalue weighted by molar-refractivity contribution is 5.90. The summed E-state index contributed by atoms with van der Waals surface area (Å²) in [4.78, 5) is 8.66. The molecule has 3 heterocycles. The molecule has 7 nitrogen and oxygen atoms in total. The number of aliphatic hydroxyl groups excluding tert-OH is 1. The van der Waals surface area contributed by atoms with Gasteiger partial charge >= 0.3 is 0 Å². The summed E-state index contributed by atoms with van der Waals surface area (Å²) in [6.07, 6.45) is 12.6. The number of hydrogen-bond acceptors (Lipinski definition) is 5. The third kappa shape index (κ3) is 3.69. The molecule has 1 aliphatic carbocycles. The molecular formula is C18H22N6O. The van der Waals surface area contributed by atoms with E-state index < -0.39 is 0 Å². The number of nitriles is 1. The fourth-order valence-electron chi connectivity index (χ4n) is 3.39. The van der Waals surface area contributed by atoms with Gasteiger partial charge in [-0.2, -0.15) is 10.4 Å². The highest BCUT2D eigenvalue weighted by Crippen LogP contribution is 2.28. The Labute approximate surface area is 146 Å². The Hall–Kier alpha value is -2.72. The van der Waals surface area contributed by atoms with Gasteiger partial charge in [0.1, 0.15) is 18.7 Å². The number of hydrogen-bond donors (Lipinski definition) is 1. The normalized spacial score (nSPS) is 14.3. The molecule has 0 amide bonds. The van der Waals surface area contributed by atoms with Crippen LogP contribution in [0.4, 0.5) is 0 Å². The second-order valence-electron chi connectivity index (χ2n) is 6.21. The summed E-state index contributed by atoms with van der Waals surface area (Å²) in [7, 11) is 0. The van der Waals surface area contributed by atoms with Gasteiger partial charge in [-0.05, 0) is 24.8 Å². The summed E-state index contributed by atoms with van der Waals surface area (Å²) >= 11 is 0. The van der Waals surface area contributed by atoms with Crippen molar-refractivity contribution in [2.75, 3.05) is 0 Å². The van der Waals surface area contributed by atoms with Crippen molar-refractivity contribution in [1.82, 2.24) is 24.3 Å². The topological polar surface area (TPSA) is 92.5 Å². The van der Waals surface area contributed by atoms with Crippen molar-refractivity contribution in [3.8, 4) is 17.3 Å². The lowest BCUT2D eigenvalue weighted by atomic mass is 10.1. The van der Waals surface area contributed by atoms with Gasteiger partial charge < -0.3 is 9.67 Å². The third-order valence-electron chi connectivity index (χ3n) is 4.54. The molecule has 1 N–H and O–H groups in total. The van der Waals surface area contributed by atoms with Crippen LogP contribution in [-0.4, -0.2) is 29.4 Å². The van der Waals surface area contributed by atoms with Gasteiger partial charge in [-0.3, -0.25) is 4.68 Å². The molecule has 1 fully saturated rings. The SMILES string of the molecule is CC#N.OCn1ccc2c(-c3cnn(CC4CCCC4)c3)ncnc21. The summed E-state index contributed by atoms with van der Waals surface area (Å²) < 4.78 is 3.73. The Kier molecular flexibility index (Phi) is 5.41. The molecule has 25 heavy (non-hydrogen) atoms. The van der Waals surface area contributed by atoms with Crippen molar-refractivity contribution < 1.29 is 5.11 Å². The highest BCUT2D eigenvalue weighted by Gasteiger charge is 2.17. The smallest absolute Gasteiger partial charge is 0.145 e. The molecular weight excluding hydrogens is 316 g/mol. The monoisotopic (exact) mass is 338 g/mol. The lowest BCUT2D eigenvalue weighted by molar-refractivity contribution is 0.215. The number of rotatable bonds is 4. The Morgan fingerprint density at radius 1 is 1.32 bits per heavy atom. The zero-order chi connectivity index (χ0) is 17.6. The standard InChI is InChI=1S/C16H19N5O.C2H3N/c22-11-20-6-5-14-15(17-10-18-16(14)20)13-7-19-21(9-13)8-12-3-1-2-4-12;1-2-3/h5-7,9-10,12,22H,1-4,8,11H2;1H3. The summed E-state index contributed by atoms with van der Waals surface area (Å²) in [5.74, 6) is 0.758. The first-order valence-corrected chi connectivity index (χ1v) is 8.51. The van der Waals surface area contributed by atoms with Gasteiger partial charge in [-0.1, -0.05) is 12.8 Å². The van der Waals surface area contributed by atoms with Gasteiger partial charge in [0.25, 0.3) is 0 Å². The molecule has 0 spiro atoms. The van der Waals surface area contributed by atoms with E-state index in [2.05, 4.69) is 21.3 Å². The Balaban J connectivity index is 0.000000569. The maximum Gasteiger partial charge on any atom is 0.145 e. The predicted octanol–water partition coefficient (Wildman–Crippen LogP) is 2.96. The molecule has 1 aliphatic rings. The van der Waals surface area contributed by atoms with E-state index in [1.807, 2.05) is 23.1 Å². The van der Waals surface area contributed by atoms with E-state index in [9.17, 15) is 5.11 Å². The average molecular weight is 338 g/mol. The number of nitrogens with zero attached hydrogens (tertiary/aromatic N) is 6. The molecule has 3 aromatic heterocycles. The van der Waals surface area contributed by atoms with E-state index in [1.165, 1.54) is 38.9 Å². The maximum absolute atomic E-state index is 9.34. The van der Waals surface area contributed by atoms with E-state index in [-0.39, 0.29) is 6.73 Å². The summed E-state index contributed by atoms with van der Waals surface area (Å²) in [5, 5.41) is 22.1. The van der Waals surface area contributed by atoms with Crippen LogP contribution < -0.4 is 0 Å². The number of aromatic nitrogens is 5. The number of fused-ring (bicyclic) bond motifs is 1. The van der Waals surface area contributed by atoms with Gasteiger partial charge in [0.15, 0.2) is 0 Å². The second-order valence-corrected chi connectivity index (χ2v) is 6.21. The van der Waals surface area contributed by atoms with Crippen molar-refractivity contribution in [1.29, 1.82) is 5.26 Å². The highest BCUT2D eigenvalue weighted by atomic mass is 16.3. The van der Waals surface area contributed by atoms with Gasteiger partial charge in [0.2, 0.25) is 0 Å². The molecule has 3 aromatic rings. The molecule has 0 aromatic carbocycles. The first-order valence-electron chi connectivity index (χ1n) is 8.51. The van der Waals surface area contributed by atoms with E-state index >= 15 is 0 Å². The molecule has 0 atom stereocenters. The van der Waals surface area contributed by atoms with Crippen LogP contribution in [-0.2, 0) is 13.3 Å². The number of aliphatic hydroxyl groups is 1. The summed E-state index contributed by atoms with van der Waals surface area (Å²) in [6.45, 7) is 2.34. The summed E-state index contributed by atoms with van der Waals surface area (Å²) in [5.41, 5.74) is 2.62. The van der Waals surface area contributed by atoms with Gasteiger partial charge in [-0.25, -0.2) is 9.97 Å². The molecule has 4 rings (SSSR count). The van der Waals surface area contributed by atoms with Crippen molar-refractivity contribution in [2.24, 2.45) is 5.92 Å². The zero-order valence-corrected chi connectivity index (χ0v) is 14.3. The van der Waals surface area contributed by atoms with Crippen LogP contribution in [0.25, 0.3) is 22.3 Å². The average Bonchev–Trinajstić information content (AvgIpc) is 3.36. The van der Waals surface area contributed by atoms with E-state index in [4.69, 9.17) is 5.26 Å². The Morgan fingerprint density at radius 2 is 2.08 bits per heavy atom. The van der Waals surface area contributed by atoms with Crippen molar-refractivity contribution in [3.63, 3.8) is 0 Å². The van der Waals surface area contributed by atoms with Crippen molar-refractivity contribution in [2.45, 2.75) is 45.9 Å². The molecule has 0 bridgehead atoms. The molecule has 0 saturated heterocycles. The van der Waals surface area contributed by atoms with Crippen LogP contribution >= 0.6 is 0 Å². The van der Waals surface area contributed by atoms with E-state index in [0.29, 0.717) is 0 Å². The molecule has 0 radical (unpaired) electrons. The minimum absolute atomic E-state index is 0.0824. The van der Waals surface area contributed by atoms with Crippen LogP contribution in [0.15, 0.2) is 31.0 Å².